The Morgan fingerprint density at radius 2 is 2.14 bits per heavy atom. The van der Waals surface area contributed by atoms with Crippen LogP contribution in [0.2, 0.25) is 0 Å². The standard InChI is InChI=1S/C7H7BrO4S2/c1-12-7(9)6-5(8)4(3-13-6)14(2,10)11/h3H,1-2H3. The molecular formula is C7H7BrO4S2. The first-order valence-corrected chi connectivity index (χ1v) is 6.99. The monoisotopic (exact) mass is 298 g/mol. The van der Waals surface area contributed by atoms with Crippen molar-refractivity contribution in [2.75, 3.05) is 13.4 Å². The minimum atomic E-state index is -3.30. The zero-order chi connectivity index (χ0) is 10.9. The van der Waals surface area contributed by atoms with Gasteiger partial charge >= 0.3 is 5.97 Å². The third kappa shape index (κ3) is 2.15. The molecule has 78 valence electrons. The van der Waals surface area contributed by atoms with Crippen LogP contribution in [0.5, 0.6) is 0 Å². The number of hydrogen-bond donors (Lipinski definition) is 0. The SMILES string of the molecule is COC(=O)c1scc(S(C)(=O)=O)c1Br. The van der Waals surface area contributed by atoms with Crippen molar-refractivity contribution in [2.45, 2.75) is 4.90 Å². The number of esters is 1. The first-order valence-electron chi connectivity index (χ1n) is 3.43. The largest absolute Gasteiger partial charge is 0.465 e. The Bertz CT molecular complexity index is 460. The van der Waals surface area contributed by atoms with E-state index in [1.807, 2.05) is 0 Å². The number of carbonyl (C=O) groups excluding carboxylic acids is 1. The second-order valence-corrected chi connectivity index (χ2v) is 6.16. The van der Waals surface area contributed by atoms with Gasteiger partial charge in [0.2, 0.25) is 0 Å². The average molecular weight is 299 g/mol. The molecule has 0 unspecified atom stereocenters. The fraction of sp³-hybridized carbons (Fsp3) is 0.286. The summed E-state index contributed by atoms with van der Waals surface area (Å²) in [5.74, 6) is -0.545. The Labute approximate surface area is 93.9 Å². The quantitative estimate of drug-likeness (QED) is 0.780. The average Bonchev–Trinajstić information content (AvgIpc) is 2.45. The minimum absolute atomic E-state index is 0.114. The molecule has 0 spiro atoms. The predicted octanol–water partition coefficient (Wildman–Crippen LogP) is 1.70. The molecule has 0 N–H and O–H groups in total. The zero-order valence-corrected chi connectivity index (χ0v) is 10.6. The summed E-state index contributed by atoms with van der Waals surface area (Å²) in [5, 5.41) is 1.41. The number of halogens is 1. The van der Waals surface area contributed by atoms with Crippen molar-refractivity contribution in [3.8, 4) is 0 Å². The lowest BCUT2D eigenvalue weighted by Gasteiger charge is -1.97. The van der Waals surface area contributed by atoms with Crippen molar-refractivity contribution >= 4 is 43.1 Å². The van der Waals surface area contributed by atoms with Crippen molar-refractivity contribution < 1.29 is 17.9 Å². The van der Waals surface area contributed by atoms with E-state index in [1.165, 1.54) is 12.5 Å². The molecule has 0 aliphatic carbocycles. The first-order chi connectivity index (χ1) is 6.38. The van der Waals surface area contributed by atoms with Gasteiger partial charge in [-0.05, 0) is 15.9 Å². The Kier molecular flexibility index (Phi) is 3.33. The van der Waals surface area contributed by atoms with Crippen molar-refractivity contribution in [3.05, 3.63) is 14.7 Å². The molecule has 0 aromatic carbocycles. The number of rotatable bonds is 2. The van der Waals surface area contributed by atoms with E-state index in [4.69, 9.17) is 0 Å². The van der Waals surface area contributed by atoms with Crippen LogP contribution in [0, 0.1) is 0 Å². The van der Waals surface area contributed by atoms with Crippen LogP contribution < -0.4 is 0 Å². The van der Waals surface area contributed by atoms with E-state index in [2.05, 4.69) is 20.7 Å². The topological polar surface area (TPSA) is 60.4 Å². The lowest BCUT2D eigenvalue weighted by Crippen LogP contribution is -2.01. The Morgan fingerprint density at radius 3 is 2.50 bits per heavy atom. The first kappa shape index (κ1) is 11.7. The van der Waals surface area contributed by atoms with E-state index >= 15 is 0 Å². The fourth-order valence-electron chi connectivity index (χ4n) is 0.808. The predicted molar refractivity (Wildman–Crippen MR) is 56.5 cm³/mol. The fourth-order valence-corrected chi connectivity index (χ4v) is 4.47. The minimum Gasteiger partial charge on any atom is -0.465 e. The molecule has 0 fully saturated rings. The van der Waals surface area contributed by atoms with Crippen LogP contribution >= 0.6 is 27.3 Å². The summed E-state index contributed by atoms with van der Waals surface area (Å²) in [4.78, 5) is 11.5. The van der Waals surface area contributed by atoms with Gasteiger partial charge in [-0.25, -0.2) is 13.2 Å². The molecule has 0 radical (unpaired) electrons. The summed E-state index contributed by atoms with van der Waals surface area (Å²) < 4.78 is 27.2. The summed E-state index contributed by atoms with van der Waals surface area (Å²) in [7, 11) is -2.05. The van der Waals surface area contributed by atoms with Gasteiger partial charge < -0.3 is 4.74 Å². The third-order valence-corrected chi connectivity index (χ3v) is 5.05. The molecule has 0 saturated carbocycles. The van der Waals surface area contributed by atoms with Gasteiger partial charge in [-0.1, -0.05) is 0 Å². The molecular weight excluding hydrogens is 292 g/mol. The summed E-state index contributed by atoms with van der Waals surface area (Å²) in [6.45, 7) is 0. The van der Waals surface area contributed by atoms with E-state index in [0.29, 0.717) is 0 Å². The van der Waals surface area contributed by atoms with E-state index in [1.54, 1.807) is 0 Å². The number of thiophene rings is 1. The molecule has 0 aliphatic rings. The Morgan fingerprint density at radius 1 is 1.57 bits per heavy atom. The van der Waals surface area contributed by atoms with E-state index in [-0.39, 0.29) is 14.2 Å². The molecule has 1 aromatic rings. The summed E-state index contributed by atoms with van der Waals surface area (Å²) >= 11 is 4.09. The van der Waals surface area contributed by atoms with Crippen LogP contribution in [0.25, 0.3) is 0 Å². The number of methoxy groups -OCH3 is 1. The van der Waals surface area contributed by atoms with Gasteiger partial charge in [-0.15, -0.1) is 11.3 Å². The molecule has 1 aromatic heterocycles. The summed E-state index contributed by atoms with van der Waals surface area (Å²) in [5.41, 5.74) is 0. The van der Waals surface area contributed by atoms with Gasteiger partial charge in [-0.2, -0.15) is 0 Å². The van der Waals surface area contributed by atoms with E-state index in [0.717, 1.165) is 17.6 Å². The van der Waals surface area contributed by atoms with Crippen LogP contribution in [0.3, 0.4) is 0 Å². The van der Waals surface area contributed by atoms with Gasteiger partial charge in [0, 0.05) is 11.6 Å². The highest BCUT2D eigenvalue weighted by atomic mass is 79.9. The number of sulfone groups is 1. The number of hydrogen-bond acceptors (Lipinski definition) is 5. The van der Waals surface area contributed by atoms with E-state index in [9.17, 15) is 13.2 Å². The molecule has 7 heteroatoms. The van der Waals surface area contributed by atoms with Gasteiger partial charge in [0.15, 0.2) is 9.84 Å². The van der Waals surface area contributed by atoms with Crippen LogP contribution in [-0.2, 0) is 14.6 Å². The highest BCUT2D eigenvalue weighted by molar-refractivity contribution is 9.10. The molecule has 0 bridgehead atoms. The van der Waals surface area contributed by atoms with Crippen LogP contribution in [0.1, 0.15) is 9.67 Å². The highest BCUT2D eigenvalue weighted by Gasteiger charge is 2.21. The molecule has 0 aliphatic heterocycles. The van der Waals surface area contributed by atoms with Crippen molar-refractivity contribution in [1.82, 2.24) is 0 Å². The maximum absolute atomic E-state index is 11.2. The summed E-state index contributed by atoms with van der Waals surface area (Å²) in [6.07, 6.45) is 1.08. The van der Waals surface area contributed by atoms with Crippen molar-refractivity contribution in [3.63, 3.8) is 0 Å². The lowest BCUT2D eigenvalue weighted by molar-refractivity contribution is 0.0605. The van der Waals surface area contributed by atoms with Gasteiger partial charge in [-0.3, -0.25) is 0 Å². The molecule has 1 rings (SSSR count). The van der Waals surface area contributed by atoms with Crippen molar-refractivity contribution in [2.24, 2.45) is 0 Å². The third-order valence-electron chi connectivity index (χ3n) is 1.47. The van der Waals surface area contributed by atoms with Gasteiger partial charge in [0.1, 0.15) is 4.88 Å². The van der Waals surface area contributed by atoms with Gasteiger partial charge in [0.05, 0.1) is 16.5 Å². The normalized spacial score (nSPS) is 11.4. The molecule has 4 nitrogen and oxygen atoms in total. The maximum atomic E-state index is 11.2. The molecule has 14 heavy (non-hydrogen) atoms. The summed E-state index contributed by atoms with van der Waals surface area (Å²) in [6, 6.07) is 0. The van der Waals surface area contributed by atoms with Crippen LogP contribution in [-0.4, -0.2) is 27.8 Å². The molecule has 0 amide bonds. The maximum Gasteiger partial charge on any atom is 0.349 e. The van der Waals surface area contributed by atoms with Crippen molar-refractivity contribution in [1.29, 1.82) is 0 Å². The Balaban J connectivity index is 3.29. The lowest BCUT2D eigenvalue weighted by atomic mass is 10.5. The molecule has 0 saturated heterocycles. The van der Waals surface area contributed by atoms with E-state index < -0.39 is 15.8 Å². The van der Waals surface area contributed by atoms with Gasteiger partial charge in [0.25, 0.3) is 0 Å². The second kappa shape index (κ2) is 4.00. The van der Waals surface area contributed by atoms with Crippen LogP contribution in [0.15, 0.2) is 14.7 Å². The zero-order valence-electron chi connectivity index (χ0n) is 7.40. The van der Waals surface area contributed by atoms with Crippen LogP contribution in [0.4, 0.5) is 0 Å². The smallest absolute Gasteiger partial charge is 0.349 e. The number of carbonyl (C=O) groups is 1. The Hall–Kier alpha value is -0.400. The second-order valence-electron chi connectivity index (χ2n) is 2.51. The number of ether oxygens (including phenoxy) is 1. The molecule has 0 atom stereocenters. The highest BCUT2D eigenvalue weighted by Crippen LogP contribution is 2.32. The molecule has 1 heterocycles.